The first-order chi connectivity index (χ1) is 22.2. The number of carbonyl (C=O) groups is 2. The van der Waals surface area contributed by atoms with Crippen LogP contribution in [0.25, 0.3) is 0 Å². The van der Waals surface area contributed by atoms with Gasteiger partial charge in [-0.3, -0.25) is 9.78 Å². The predicted molar refractivity (Wildman–Crippen MR) is 166 cm³/mol. The third-order valence-corrected chi connectivity index (χ3v) is 11.8. The Hall–Kier alpha value is -3.01. The Balaban J connectivity index is 1.40. The van der Waals surface area contributed by atoms with Crippen LogP contribution >= 0.6 is 11.6 Å². The number of alkyl halides is 3. The fraction of sp³-hybridized carbons (Fsp3) is 0.581. The van der Waals surface area contributed by atoms with Crippen LogP contribution in [0, 0.1) is 11.7 Å². The van der Waals surface area contributed by atoms with Crippen molar-refractivity contribution in [3.63, 3.8) is 0 Å². The lowest BCUT2D eigenvalue weighted by molar-refractivity contribution is -0.137. The molecule has 0 spiro atoms. The Kier molecular flexibility index (Phi) is 11.0. The molecule has 1 unspecified atom stereocenters. The molecule has 0 radical (unpaired) electrons. The van der Waals surface area contributed by atoms with Crippen LogP contribution in [-0.2, 0) is 21.0 Å². The number of hydrogen-bond donors (Lipinski definition) is 4. The molecule has 7 atom stereocenters. The number of nitrogens with one attached hydrogen (secondary N) is 3. The van der Waals surface area contributed by atoms with Gasteiger partial charge in [0, 0.05) is 49.5 Å². The van der Waals surface area contributed by atoms with Gasteiger partial charge in [-0.15, -0.1) is 0 Å². The Labute approximate surface area is 275 Å². The van der Waals surface area contributed by atoms with Gasteiger partial charge in [-0.1, -0.05) is 30.5 Å². The summed E-state index contributed by atoms with van der Waals surface area (Å²) in [4.78, 5) is 29.7. The minimum atomic E-state index is -4.78. The maximum absolute atomic E-state index is 14.7. The van der Waals surface area contributed by atoms with Crippen molar-refractivity contribution in [1.29, 1.82) is 0 Å². The van der Waals surface area contributed by atoms with E-state index in [4.69, 9.17) is 11.6 Å². The van der Waals surface area contributed by atoms with Crippen molar-refractivity contribution in [2.75, 3.05) is 18.8 Å². The van der Waals surface area contributed by atoms with Gasteiger partial charge in [-0.25, -0.2) is 17.6 Å². The Morgan fingerprint density at radius 1 is 1.09 bits per heavy atom. The van der Waals surface area contributed by atoms with Crippen molar-refractivity contribution in [2.45, 2.75) is 87.6 Å². The smallest absolute Gasteiger partial charge is 0.417 e. The second-order valence-corrected chi connectivity index (χ2v) is 15.1. The molecule has 1 aromatic heterocycles. The first-order valence-electron chi connectivity index (χ1n) is 15.7. The molecule has 258 valence electrons. The van der Waals surface area contributed by atoms with E-state index in [9.17, 15) is 40.7 Å². The molecule has 1 aliphatic carbocycles. The van der Waals surface area contributed by atoms with Crippen molar-refractivity contribution < 1.29 is 40.7 Å². The number of piperazine rings is 1. The lowest BCUT2D eigenvalue weighted by atomic mass is 9.80. The average Bonchev–Trinajstić information content (AvgIpc) is 3.13. The predicted octanol–water partition coefficient (Wildman–Crippen LogP) is 4.88. The molecule has 2 bridgehead atoms. The molecule has 3 heterocycles. The van der Waals surface area contributed by atoms with E-state index >= 15 is 0 Å². The summed E-state index contributed by atoms with van der Waals surface area (Å²) in [6.45, 7) is 0.958. The van der Waals surface area contributed by atoms with Crippen molar-refractivity contribution in [3.05, 3.63) is 64.2 Å². The topological polar surface area (TPSA) is 141 Å². The van der Waals surface area contributed by atoms with E-state index in [0.717, 1.165) is 44.0 Å². The largest absolute Gasteiger partial charge is 0.465 e. The van der Waals surface area contributed by atoms with Gasteiger partial charge < -0.3 is 21.1 Å². The van der Waals surface area contributed by atoms with Crippen molar-refractivity contribution in [2.24, 2.45) is 5.92 Å². The summed E-state index contributed by atoms with van der Waals surface area (Å²) in [6, 6.07) is 2.05. The molecule has 10 nitrogen and oxygen atoms in total. The SMILES string of the molecule is O=C(O)N[C@H](C(=O)N[C@H]1CCCC[C@@H]1CC[C@H]1CN[C@@H]2CCCS(=O)(=O)N1C2)[C@H](c1cncc(C(F)(F)F)c1)c1ccc(Cl)c(F)c1. The van der Waals surface area contributed by atoms with Gasteiger partial charge in [0.25, 0.3) is 0 Å². The van der Waals surface area contributed by atoms with E-state index in [1.807, 2.05) is 0 Å². The highest BCUT2D eigenvalue weighted by Crippen LogP contribution is 2.36. The summed E-state index contributed by atoms with van der Waals surface area (Å²) >= 11 is 5.86. The second kappa shape index (κ2) is 14.6. The van der Waals surface area contributed by atoms with Gasteiger partial charge >= 0.3 is 12.3 Å². The molecule has 4 N–H and O–H groups in total. The zero-order valence-electron chi connectivity index (χ0n) is 25.5. The molecule has 2 aromatic rings. The average molecular weight is 704 g/mol. The van der Waals surface area contributed by atoms with Gasteiger partial charge in [-0.05, 0) is 73.8 Å². The molecular weight excluding hydrogens is 666 g/mol. The van der Waals surface area contributed by atoms with Crippen LogP contribution in [0.4, 0.5) is 22.4 Å². The minimum absolute atomic E-state index is 0.0175. The van der Waals surface area contributed by atoms with Crippen LogP contribution in [0.3, 0.4) is 0 Å². The maximum atomic E-state index is 14.7. The molecule has 3 fully saturated rings. The quantitative estimate of drug-likeness (QED) is 0.273. The third-order valence-electron chi connectivity index (χ3n) is 9.51. The van der Waals surface area contributed by atoms with Gasteiger partial charge in [-0.2, -0.15) is 17.5 Å². The summed E-state index contributed by atoms with van der Waals surface area (Å²) in [5, 5.41) is 18.0. The van der Waals surface area contributed by atoms with E-state index in [1.54, 1.807) is 4.31 Å². The van der Waals surface area contributed by atoms with Crippen LogP contribution in [-0.4, -0.2) is 77.8 Å². The van der Waals surface area contributed by atoms with Crippen LogP contribution in [0.5, 0.6) is 0 Å². The molecule has 16 heteroatoms. The molecule has 2 amide bonds. The zero-order valence-corrected chi connectivity index (χ0v) is 27.1. The summed E-state index contributed by atoms with van der Waals surface area (Å²) in [5.74, 6) is -3.02. The number of fused-ring (bicyclic) bond motifs is 2. The summed E-state index contributed by atoms with van der Waals surface area (Å²) in [6.07, 6.45) is 0.876. The third kappa shape index (κ3) is 8.54. The number of halogens is 5. The van der Waals surface area contributed by atoms with Gasteiger partial charge in [0.05, 0.1) is 16.3 Å². The number of carboxylic acid groups (broad SMARTS) is 1. The number of nitrogens with zero attached hydrogens (tertiary/aromatic N) is 2. The second-order valence-electron chi connectivity index (χ2n) is 12.6. The first-order valence-corrected chi connectivity index (χ1v) is 17.7. The lowest BCUT2D eigenvalue weighted by Gasteiger charge is -2.39. The molecule has 3 aliphatic rings. The van der Waals surface area contributed by atoms with E-state index in [1.165, 1.54) is 12.1 Å². The number of aromatic nitrogens is 1. The molecule has 47 heavy (non-hydrogen) atoms. The van der Waals surface area contributed by atoms with Gasteiger partial charge in [0.2, 0.25) is 15.9 Å². The fourth-order valence-corrected chi connectivity index (χ4v) is 9.09. The Morgan fingerprint density at radius 2 is 1.85 bits per heavy atom. The highest BCUT2D eigenvalue weighted by Gasteiger charge is 2.40. The Morgan fingerprint density at radius 3 is 2.57 bits per heavy atom. The monoisotopic (exact) mass is 703 g/mol. The van der Waals surface area contributed by atoms with E-state index in [2.05, 4.69) is 20.9 Å². The van der Waals surface area contributed by atoms with E-state index in [0.29, 0.717) is 45.0 Å². The number of benzene rings is 1. The first kappa shape index (κ1) is 35.3. The zero-order chi connectivity index (χ0) is 33.9. The van der Waals surface area contributed by atoms with E-state index in [-0.39, 0.29) is 39.9 Å². The highest BCUT2D eigenvalue weighted by atomic mass is 35.5. The van der Waals surface area contributed by atoms with Crippen molar-refractivity contribution >= 4 is 33.6 Å². The van der Waals surface area contributed by atoms with Crippen LogP contribution in [0.1, 0.15) is 74.0 Å². The van der Waals surface area contributed by atoms with Crippen molar-refractivity contribution in [1.82, 2.24) is 25.2 Å². The molecule has 5 rings (SSSR count). The van der Waals surface area contributed by atoms with Gasteiger partial charge in [0.15, 0.2) is 0 Å². The summed E-state index contributed by atoms with van der Waals surface area (Å²) in [5.41, 5.74) is -1.26. The number of rotatable bonds is 9. The molecule has 2 saturated heterocycles. The molecule has 1 aromatic carbocycles. The minimum Gasteiger partial charge on any atom is -0.465 e. The number of pyridine rings is 1. The summed E-state index contributed by atoms with van der Waals surface area (Å²) < 4.78 is 83.2. The summed E-state index contributed by atoms with van der Waals surface area (Å²) in [7, 11) is -3.38. The highest BCUT2D eigenvalue weighted by molar-refractivity contribution is 7.89. The lowest BCUT2D eigenvalue weighted by Crippen LogP contribution is -2.57. The maximum Gasteiger partial charge on any atom is 0.417 e. The van der Waals surface area contributed by atoms with Gasteiger partial charge in [0.1, 0.15) is 11.9 Å². The number of carbonyl (C=O) groups excluding carboxylic acids is 1. The number of hydrogen-bond acceptors (Lipinski definition) is 6. The van der Waals surface area contributed by atoms with Crippen LogP contribution < -0.4 is 16.0 Å². The molecule has 2 aliphatic heterocycles. The fourth-order valence-electron chi connectivity index (χ4n) is 7.17. The Bertz CT molecular complexity index is 1560. The molecular formula is C31H38ClF4N5O5S. The van der Waals surface area contributed by atoms with E-state index < -0.39 is 57.6 Å². The molecule has 1 saturated carbocycles. The standard InChI is InChI=1S/C31H38ClF4N5O5S/c32-24-10-8-19(13-25(24)33)27(20-12-21(15-37-14-20)31(34,35)36)28(40-30(43)44)29(42)39-26-6-2-1-4-18(26)7-9-23-16-38-22-5-3-11-47(45,46)41(23)17-22/h8,10,12-15,18,22-23,26-28,38,40H,1-7,9,11,16-17H2,(H,39,42)(H,43,44)/t18-,22-,23+,26+,27+,28+/m1/s1. The van der Waals surface area contributed by atoms with Crippen molar-refractivity contribution in [3.8, 4) is 0 Å². The normalized spacial score (nSPS) is 27.2. The number of amides is 2. The van der Waals surface area contributed by atoms with Crippen LogP contribution in [0.2, 0.25) is 5.02 Å². The van der Waals surface area contributed by atoms with Crippen LogP contribution in [0.15, 0.2) is 36.7 Å². The number of sulfonamides is 1.